The molecule has 0 aromatic heterocycles. The van der Waals surface area contributed by atoms with E-state index in [-0.39, 0.29) is 37.5 Å². The van der Waals surface area contributed by atoms with Crippen molar-refractivity contribution in [2.45, 2.75) is 44.1 Å². The third-order valence-corrected chi connectivity index (χ3v) is 8.74. The second kappa shape index (κ2) is 9.36. The zero-order valence-electron chi connectivity index (χ0n) is 21.5. The summed E-state index contributed by atoms with van der Waals surface area (Å²) in [5, 5.41) is 12.5. The molecule has 7 atom stereocenters. The Morgan fingerprint density at radius 1 is 1.08 bits per heavy atom. The van der Waals surface area contributed by atoms with Gasteiger partial charge in [-0.1, -0.05) is 68.8 Å². The van der Waals surface area contributed by atoms with Crippen LogP contribution in [0.3, 0.4) is 0 Å². The summed E-state index contributed by atoms with van der Waals surface area (Å²) >= 11 is 0. The zero-order valence-corrected chi connectivity index (χ0v) is 21.5. The fourth-order valence-corrected chi connectivity index (χ4v) is 6.66. The second-order valence-electron chi connectivity index (χ2n) is 10.7. The van der Waals surface area contributed by atoms with Crippen molar-refractivity contribution in [2.24, 2.45) is 17.8 Å². The Balaban J connectivity index is 1.49. The van der Waals surface area contributed by atoms with E-state index in [0.29, 0.717) is 12.1 Å². The van der Waals surface area contributed by atoms with Crippen LogP contribution >= 0.6 is 0 Å². The van der Waals surface area contributed by atoms with E-state index in [2.05, 4.69) is 0 Å². The van der Waals surface area contributed by atoms with E-state index in [0.717, 1.165) is 10.8 Å². The molecule has 2 fully saturated rings. The molecule has 2 aromatic rings. The number of benzene rings is 2. The zero-order chi connectivity index (χ0) is 26.6. The van der Waals surface area contributed by atoms with E-state index in [1.165, 1.54) is 4.90 Å². The molecule has 1 N–H and O–H groups in total. The van der Waals surface area contributed by atoms with Gasteiger partial charge in [0.05, 0.1) is 24.7 Å². The Morgan fingerprint density at radius 2 is 1.87 bits per heavy atom. The van der Waals surface area contributed by atoms with E-state index in [4.69, 9.17) is 9.47 Å². The smallest absolute Gasteiger partial charge is 0.313 e. The lowest BCUT2D eigenvalue weighted by atomic mass is 9.78. The van der Waals surface area contributed by atoms with E-state index < -0.39 is 41.6 Å². The van der Waals surface area contributed by atoms with Crippen LogP contribution < -0.4 is 4.90 Å². The molecular weight excluding hydrogens is 484 g/mol. The van der Waals surface area contributed by atoms with Crippen LogP contribution in [0.15, 0.2) is 66.8 Å². The number of carbonyl (C=O) groups is 3. The Labute approximate surface area is 221 Å². The molecule has 2 aromatic carbocycles. The van der Waals surface area contributed by atoms with Gasteiger partial charge >= 0.3 is 5.97 Å². The van der Waals surface area contributed by atoms with Gasteiger partial charge in [0.15, 0.2) is 0 Å². The number of esters is 1. The van der Waals surface area contributed by atoms with Gasteiger partial charge in [0, 0.05) is 12.2 Å². The molecule has 6 rings (SSSR count). The van der Waals surface area contributed by atoms with Crippen molar-refractivity contribution in [3.63, 3.8) is 0 Å². The number of nitrogens with zero attached hydrogens (tertiary/aromatic N) is 2. The molecule has 198 valence electrons. The number of aliphatic hydroxyl groups is 1. The third kappa shape index (κ3) is 3.54. The van der Waals surface area contributed by atoms with Gasteiger partial charge in [0.1, 0.15) is 24.2 Å². The maximum absolute atomic E-state index is 14.5. The predicted molar refractivity (Wildman–Crippen MR) is 141 cm³/mol. The molecule has 2 saturated heterocycles. The van der Waals surface area contributed by atoms with Crippen LogP contribution in [0.5, 0.6) is 0 Å². The fourth-order valence-electron chi connectivity index (χ4n) is 6.66. The van der Waals surface area contributed by atoms with Crippen molar-refractivity contribution >= 4 is 34.2 Å². The van der Waals surface area contributed by atoms with Crippen LogP contribution in [0.25, 0.3) is 10.8 Å². The average Bonchev–Trinajstić information content (AvgIpc) is 3.23. The van der Waals surface area contributed by atoms with E-state index in [9.17, 15) is 19.5 Å². The molecule has 8 nitrogen and oxygen atoms in total. The number of fused-ring (bicyclic) bond motifs is 3. The lowest BCUT2D eigenvalue weighted by molar-refractivity contribution is -0.154. The summed E-state index contributed by atoms with van der Waals surface area (Å²) in [4.78, 5) is 45.1. The minimum Gasteiger partial charge on any atom is -0.461 e. The first-order valence-corrected chi connectivity index (χ1v) is 13.3. The minimum absolute atomic E-state index is 0.0780. The van der Waals surface area contributed by atoms with Gasteiger partial charge in [-0.05, 0) is 34.9 Å². The largest absolute Gasteiger partial charge is 0.461 e. The summed E-state index contributed by atoms with van der Waals surface area (Å²) in [6, 6.07) is 12.1. The van der Waals surface area contributed by atoms with E-state index in [1.807, 2.05) is 62.4 Å². The number of carbonyl (C=O) groups excluding carboxylic acids is 3. The number of anilines is 1. The van der Waals surface area contributed by atoms with Gasteiger partial charge in [0.2, 0.25) is 5.91 Å². The highest BCUT2D eigenvalue weighted by Gasteiger charge is 2.72. The van der Waals surface area contributed by atoms with Crippen molar-refractivity contribution < 1.29 is 29.0 Å². The summed E-state index contributed by atoms with van der Waals surface area (Å²) in [6.07, 6.45) is 7.17. The standard InChI is InChI=1S/C30H32N2O6/c1-3-18(2)22(17-33)32-26-28(35)31(21-12-11-19-8-4-5-9-20(19)16-21)14-7-13-30(26)25(27(32)34)24-23(38-30)10-6-15-37-29(24)36/h4-13,16,18,22-26,33H,3,14-15,17H2,1-2H3/t18-,22-,23+,24-,25-,26?,30-/m0/s1. The first kappa shape index (κ1) is 24.8. The average molecular weight is 517 g/mol. The number of hydrogen-bond donors (Lipinski definition) is 1. The van der Waals surface area contributed by atoms with Gasteiger partial charge < -0.3 is 24.4 Å². The number of amides is 2. The Hall–Kier alpha value is -3.49. The Morgan fingerprint density at radius 3 is 2.63 bits per heavy atom. The number of rotatable bonds is 5. The molecule has 38 heavy (non-hydrogen) atoms. The molecule has 4 heterocycles. The monoisotopic (exact) mass is 516 g/mol. The highest BCUT2D eigenvalue weighted by atomic mass is 16.6. The van der Waals surface area contributed by atoms with Crippen LogP contribution in [-0.4, -0.2) is 71.3 Å². The highest BCUT2D eigenvalue weighted by Crippen LogP contribution is 2.54. The molecule has 0 aliphatic carbocycles. The number of hydrogen-bond acceptors (Lipinski definition) is 6. The van der Waals surface area contributed by atoms with Crippen molar-refractivity contribution in [1.29, 1.82) is 0 Å². The quantitative estimate of drug-likeness (QED) is 0.485. The molecule has 8 heteroatoms. The summed E-state index contributed by atoms with van der Waals surface area (Å²) in [7, 11) is 0. The lowest BCUT2D eigenvalue weighted by Crippen LogP contribution is -2.59. The molecule has 0 radical (unpaired) electrons. The Kier molecular flexibility index (Phi) is 6.12. The number of likely N-dealkylation sites (tertiary alicyclic amines) is 1. The van der Waals surface area contributed by atoms with Crippen LogP contribution in [-0.2, 0) is 23.9 Å². The number of cyclic esters (lactones) is 1. The van der Waals surface area contributed by atoms with Crippen molar-refractivity contribution in [2.75, 3.05) is 24.7 Å². The van der Waals surface area contributed by atoms with Gasteiger partial charge in [0.25, 0.3) is 5.91 Å². The third-order valence-electron chi connectivity index (χ3n) is 8.74. The summed E-state index contributed by atoms with van der Waals surface area (Å²) in [6.45, 7) is 4.05. The first-order chi connectivity index (χ1) is 18.4. The van der Waals surface area contributed by atoms with Gasteiger partial charge in [-0.2, -0.15) is 0 Å². The van der Waals surface area contributed by atoms with Gasteiger partial charge in [-0.25, -0.2) is 0 Å². The van der Waals surface area contributed by atoms with Gasteiger partial charge in [-0.3, -0.25) is 14.4 Å². The predicted octanol–water partition coefficient (Wildman–Crippen LogP) is 2.84. The van der Waals surface area contributed by atoms with Crippen LogP contribution in [0, 0.1) is 17.8 Å². The van der Waals surface area contributed by atoms with E-state index >= 15 is 0 Å². The molecule has 4 aliphatic rings. The van der Waals surface area contributed by atoms with Crippen LogP contribution in [0.2, 0.25) is 0 Å². The summed E-state index contributed by atoms with van der Waals surface area (Å²) in [5.41, 5.74) is -0.640. The molecule has 2 amide bonds. The van der Waals surface area contributed by atoms with Gasteiger partial charge in [-0.15, -0.1) is 0 Å². The summed E-state index contributed by atoms with van der Waals surface area (Å²) in [5.74, 6) is -3.02. The van der Waals surface area contributed by atoms with Crippen LogP contribution in [0.4, 0.5) is 5.69 Å². The van der Waals surface area contributed by atoms with Crippen molar-refractivity contribution in [3.05, 3.63) is 66.8 Å². The molecule has 0 bridgehead atoms. The molecule has 0 saturated carbocycles. The first-order valence-electron chi connectivity index (χ1n) is 13.3. The van der Waals surface area contributed by atoms with E-state index in [1.54, 1.807) is 23.1 Å². The Bertz CT molecular complexity index is 1350. The molecular formula is C30H32N2O6. The maximum atomic E-state index is 14.5. The van der Waals surface area contributed by atoms with Crippen LogP contribution in [0.1, 0.15) is 20.3 Å². The topological polar surface area (TPSA) is 96.4 Å². The van der Waals surface area contributed by atoms with Crippen molar-refractivity contribution in [1.82, 2.24) is 4.90 Å². The minimum atomic E-state index is -1.35. The normalized spacial score (nSPS) is 31.9. The molecule has 1 unspecified atom stereocenters. The fraction of sp³-hybridized carbons (Fsp3) is 0.433. The van der Waals surface area contributed by atoms with Crippen molar-refractivity contribution in [3.8, 4) is 0 Å². The maximum Gasteiger partial charge on any atom is 0.313 e. The summed E-state index contributed by atoms with van der Waals surface area (Å²) < 4.78 is 12.0. The molecule has 4 aliphatic heterocycles. The number of ether oxygens (including phenoxy) is 2. The highest BCUT2D eigenvalue weighted by molar-refractivity contribution is 6.06. The second-order valence-corrected chi connectivity index (χ2v) is 10.7. The number of aliphatic hydroxyl groups excluding tert-OH is 1. The lowest BCUT2D eigenvalue weighted by Gasteiger charge is -2.40. The SMILES string of the molecule is CC[C@H](C)[C@H](CO)N1C(=O)[C@@H]2[C@H]3C(=O)OCC=C[C@H]3O[C@@]23C=CCN(c2ccc4ccccc4c2)C(=O)C13. The molecule has 1 spiro atoms.